The zero-order valence-corrected chi connectivity index (χ0v) is 13.1. The fourth-order valence-corrected chi connectivity index (χ4v) is 1.86. The summed E-state index contributed by atoms with van der Waals surface area (Å²) in [5.41, 5.74) is 7.34. The summed E-state index contributed by atoms with van der Waals surface area (Å²) in [6.07, 6.45) is 3.08. The Labute approximate surface area is 139 Å². The van der Waals surface area contributed by atoms with Gasteiger partial charge >= 0.3 is 0 Å². The molecule has 0 aliphatic rings. The van der Waals surface area contributed by atoms with Crippen LogP contribution in [0.15, 0.2) is 60.7 Å². The maximum Gasteiger partial charge on any atom is 0.250 e. The van der Waals surface area contributed by atoms with Crippen molar-refractivity contribution in [1.82, 2.24) is 10.7 Å². The summed E-state index contributed by atoms with van der Waals surface area (Å²) in [4.78, 5) is 11.7. The van der Waals surface area contributed by atoms with E-state index in [4.69, 9.17) is 23.8 Å². The van der Waals surface area contributed by atoms with E-state index in [1.54, 1.807) is 18.2 Å². The SMILES string of the molecule is O=C(/C=C/c1ccc(Cl)cc1)NC(=S)NNc1ccccc1. The van der Waals surface area contributed by atoms with Crippen LogP contribution >= 0.6 is 23.8 Å². The molecule has 0 unspecified atom stereocenters. The van der Waals surface area contributed by atoms with Crippen molar-refractivity contribution in [3.05, 3.63) is 71.3 Å². The first-order valence-electron chi connectivity index (χ1n) is 6.49. The van der Waals surface area contributed by atoms with E-state index in [1.807, 2.05) is 42.5 Å². The topological polar surface area (TPSA) is 53.2 Å². The van der Waals surface area contributed by atoms with E-state index in [-0.39, 0.29) is 11.0 Å². The molecular weight excluding hydrogens is 318 g/mol. The second kappa shape index (κ2) is 8.17. The Hall–Kier alpha value is -2.37. The Kier molecular flexibility index (Phi) is 5.94. The number of para-hydroxylation sites is 1. The summed E-state index contributed by atoms with van der Waals surface area (Å²) < 4.78 is 0. The van der Waals surface area contributed by atoms with Crippen molar-refractivity contribution in [3.63, 3.8) is 0 Å². The number of amides is 1. The fraction of sp³-hybridized carbons (Fsp3) is 0. The van der Waals surface area contributed by atoms with Gasteiger partial charge in [-0.3, -0.25) is 21.0 Å². The molecule has 2 rings (SSSR count). The minimum absolute atomic E-state index is 0.189. The second-order valence-corrected chi connectivity index (χ2v) is 5.16. The van der Waals surface area contributed by atoms with Crippen molar-refractivity contribution in [2.75, 3.05) is 5.43 Å². The number of rotatable bonds is 4. The van der Waals surface area contributed by atoms with E-state index in [9.17, 15) is 4.79 Å². The van der Waals surface area contributed by atoms with Crippen LogP contribution in [0.3, 0.4) is 0 Å². The number of nitrogens with one attached hydrogen (secondary N) is 3. The van der Waals surface area contributed by atoms with Gasteiger partial charge < -0.3 is 0 Å². The first-order valence-corrected chi connectivity index (χ1v) is 7.28. The van der Waals surface area contributed by atoms with Gasteiger partial charge in [-0.25, -0.2) is 0 Å². The molecule has 0 saturated carbocycles. The van der Waals surface area contributed by atoms with E-state index < -0.39 is 0 Å². The molecule has 0 bridgehead atoms. The number of hydrazine groups is 1. The predicted molar refractivity (Wildman–Crippen MR) is 94.4 cm³/mol. The van der Waals surface area contributed by atoms with Crippen molar-refractivity contribution >= 4 is 46.6 Å². The zero-order valence-electron chi connectivity index (χ0n) is 11.5. The van der Waals surface area contributed by atoms with E-state index in [2.05, 4.69) is 16.2 Å². The van der Waals surface area contributed by atoms with Gasteiger partial charge in [-0.1, -0.05) is 41.9 Å². The average molecular weight is 332 g/mol. The number of carbonyl (C=O) groups is 1. The Morgan fingerprint density at radius 3 is 2.41 bits per heavy atom. The van der Waals surface area contributed by atoms with Crippen LogP contribution in [0, 0.1) is 0 Å². The van der Waals surface area contributed by atoms with Gasteiger partial charge in [0.2, 0.25) is 5.91 Å². The third-order valence-corrected chi connectivity index (χ3v) is 3.08. The van der Waals surface area contributed by atoms with Gasteiger partial charge in [0.25, 0.3) is 0 Å². The molecule has 22 heavy (non-hydrogen) atoms. The van der Waals surface area contributed by atoms with Crippen molar-refractivity contribution in [2.45, 2.75) is 0 Å². The molecule has 3 N–H and O–H groups in total. The summed E-state index contributed by atoms with van der Waals surface area (Å²) >= 11 is 10.8. The second-order valence-electron chi connectivity index (χ2n) is 4.32. The lowest BCUT2D eigenvalue weighted by Gasteiger charge is -2.10. The first-order chi connectivity index (χ1) is 10.6. The number of hydrogen-bond donors (Lipinski definition) is 3. The molecule has 112 valence electrons. The quantitative estimate of drug-likeness (QED) is 0.457. The van der Waals surface area contributed by atoms with Crippen LogP contribution in [0.1, 0.15) is 5.56 Å². The highest BCUT2D eigenvalue weighted by atomic mass is 35.5. The van der Waals surface area contributed by atoms with E-state index in [1.165, 1.54) is 6.08 Å². The Morgan fingerprint density at radius 1 is 1.05 bits per heavy atom. The van der Waals surface area contributed by atoms with Crippen LogP contribution in [0.4, 0.5) is 5.69 Å². The van der Waals surface area contributed by atoms with Crippen LogP contribution < -0.4 is 16.2 Å². The molecule has 0 aromatic heterocycles. The number of anilines is 1. The summed E-state index contributed by atoms with van der Waals surface area (Å²) in [7, 11) is 0. The highest BCUT2D eigenvalue weighted by molar-refractivity contribution is 7.80. The third kappa shape index (κ3) is 5.55. The summed E-state index contributed by atoms with van der Waals surface area (Å²) in [6.45, 7) is 0. The van der Waals surface area contributed by atoms with Gasteiger partial charge in [-0.05, 0) is 48.1 Å². The van der Waals surface area contributed by atoms with Gasteiger partial charge in [0.05, 0.1) is 5.69 Å². The lowest BCUT2D eigenvalue weighted by molar-refractivity contribution is -0.115. The molecular formula is C16H14ClN3OS. The molecule has 2 aromatic rings. The molecule has 0 spiro atoms. The summed E-state index contributed by atoms with van der Waals surface area (Å²) in [5, 5.41) is 3.38. The highest BCUT2D eigenvalue weighted by Crippen LogP contribution is 2.10. The molecule has 0 fully saturated rings. The number of hydrogen-bond acceptors (Lipinski definition) is 3. The largest absolute Gasteiger partial charge is 0.299 e. The lowest BCUT2D eigenvalue weighted by atomic mass is 10.2. The monoisotopic (exact) mass is 331 g/mol. The molecule has 2 aromatic carbocycles. The first kappa shape index (κ1) is 16.0. The maximum atomic E-state index is 11.7. The summed E-state index contributed by atoms with van der Waals surface area (Å²) in [6, 6.07) is 16.6. The van der Waals surface area contributed by atoms with Crippen molar-refractivity contribution in [2.24, 2.45) is 0 Å². The highest BCUT2D eigenvalue weighted by Gasteiger charge is 2.00. The minimum atomic E-state index is -0.317. The van der Waals surface area contributed by atoms with Crippen molar-refractivity contribution < 1.29 is 4.79 Å². The van der Waals surface area contributed by atoms with E-state index in [0.29, 0.717) is 5.02 Å². The Balaban J connectivity index is 1.78. The lowest BCUT2D eigenvalue weighted by Crippen LogP contribution is -2.41. The molecule has 4 nitrogen and oxygen atoms in total. The number of carbonyl (C=O) groups excluding carboxylic acids is 1. The van der Waals surface area contributed by atoms with Gasteiger partial charge in [-0.2, -0.15) is 0 Å². The van der Waals surface area contributed by atoms with Crippen LogP contribution in [0.2, 0.25) is 5.02 Å². The molecule has 0 aliphatic heterocycles. The van der Waals surface area contributed by atoms with Crippen molar-refractivity contribution in [1.29, 1.82) is 0 Å². The van der Waals surface area contributed by atoms with Crippen molar-refractivity contribution in [3.8, 4) is 0 Å². The maximum absolute atomic E-state index is 11.7. The average Bonchev–Trinajstić information content (AvgIpc) is 2.53. The fourth-order valence-electron chi connectivity index (χ4n) is 1.58. The number of thiocarbonyl (C=S) groups is 1. The molecule has 0 aliphatic carbocycles. The standard InChI is InChI=1S/C16H14ClN3OS/c17-13-9-6-12(7-10-13)8-11-15(21)18-16(22)20-19-14-4-2-1-3-5-14/h1-11,19H,(H2,18,20,21,22)/b11-8+. The van der Waals surface area contributed by atoms with E-state index >= 15 is 0 Å². The van der Waals surface area contributed by atoms with Crippen LogP contribution in [0.5, 0.6) is 0 Å². The van der Waals surface area contributed by atoms with Gasteiger partial charge in [-0.15, -0.1) is 0 Å². The predicted octanol–water partition coefficient (Wildman–Crippen LogP) is 3.37. The van der Waals surface area contributed by atoms with Crippen LogP contribution in [0.25, 0.3) is 6.08 Å². The molecule has 0 heterocycles. The molecule has 6 heteroatoms. The normalized spacial score (nSPS) is 10.2. The number of benzene rings is 2. The minimum Gasteiger partial charge on any atom is -0.299 e. The molecule has 0 atom stereocenters. The van der Waals surface area contributed by atoms with Gasteiger partial charge in [0.15, 0.2) is 5.11 Å². The Bertz CT molecular complexity index is 672. The van der Waals surface area contributed by atoms with Crippen LogP contribution in [-0.2, 0) is 4.79 Å². The summed E-state index contributed by atoms with van der Waals surface area (Å²) in [5.74, 6) is -0.317. The van der Waals surface area contributed by atoms with Gasteiger partial charge in [0.1, 0.15) is 0 Å². The molecule has 0 radical (unpaired) electrons. The van der Waals surface area contributed by atoms with E-state index in [0.717, 1.165) is 11.3 Å². The smallest absolute Gasteiger partial charge is 0.250 e. The number of halogens is 1. The molecule has 0 saturated heterocycles. The van der Waals surface area contributed by atoms with Gasteiger partial charge in [0, 0.05) is 11.1 Å². The Morgan fingerprint density at radius 2 is 1.73 bits per heavy atom. The zero-order chi connectivity index (χ0) is 15.8. The van der Waals surface area contributed by atoms with Crippen LogP contribution in [-0.4, -0.2) is 11.0 Å². The molecule has 1 amide bonds. The third-order valence-electron chi connectivity index (χ3n) is 2.63.